The number of rotatable bonds is 5. The minimum Gasteiger partial charge on any atom is -0.403 e. The molecule has 10 heteroatoms. The smallest absolute Gasteiger partial charge is 0.320 e. The van der Waals surface area contributed by atoms with Gasteiger partial charge in [-0.1, -0.05) is 16.7 Å². The van der Waals surface area contributed by atoms with E-state index in [1.165, 1.54) is 6.20 Å². The molecule has 0 aliphatic rings. The first-order valence-corrected chi connectivity index (χ1v) is 8.60. The van der Waals surface area contributed by atoms with Gasteiger partial charge >= 0.3 is 6.01 Å². The van der Waals surface area contributed by atoms with Crippen LogP contribution in [0, 0.1) is 17.5 Å². The van der Waals surface area contributed by atoms with Gasteiger partial charge in [0.05, 0.1) is 5.56 Å². The lowest BCUT2D eigenvalue weighted by molar-refractivity contribution is 0.448. The Bertz CT molecular complexity index is 1140. The van der Waals surface area contributed by atoms with E-state index < -0.39 is 17.5 Å². The van der Waals surface area contributed by atoms with Crippen LogP contribution in [0.5, 0.6) is 0 Å². The van der Waals surface area contributed by atoms with Crippen LogP contribution in [0.15, 0.2) is 59.1 Å². The molecule has 0 radical (unpaired) electrons. The highest BCUT2D eigenvalue weighted by Crippen LogP contribution is 2.30. The predicted octanol–water partition coefficient (Wildman–Crippen LogP) is 5.69. The largest absolute Gasteiger partial charge is 0.403 e. The van der Waals surface area contributed by atoms with Crippen molar-refractivity contribution in [2.24, 2.45) is 0 Å². The van der Waals surface area contributed by atoms with Crippen molar-refractivity contribution in [1.82, 2.24) is 15.2 Å². The highest BCUT2D eigenvalue weighted by molar-refractivity contribution is 6.30. The van der Waals surface area contributed by atoms with Crippen LogP contribution in [-0.2, 0) is 0 Å². The highest BCUT2D eigenvalue weighted by atomic mass is 35.5. The van der Waals surface area contributed by atoms with Gasteiger partial charge in [0.25, 0.3) is 5.89 Å². The molecule has 0 aliphatic heterocycles. The third kappa shape index (κ3) is 4.14. The van der Waals surface area contributed by atoms with Crippen LogP contribution in [0.4, 0.5) is 36.4 Å². The van der Waals surface area contributed by atoms with Crippen LogP contribution < -0.4 is 10.6 Å². The minimum atomic E-state index is -1.55. The maximum atomic E-state index is 13.5. The lowest BCUT2D eigenvalue weighted by Gasteiger charge is -2.09. The summed E-state index contributed by atoms with van der Waals surface area (Å²) in [5.74, 6) is -3.89. The average Bonchev–Trinajstić information content (AvgIpc) is 3.16. The van der Waals surface area contributed by atoms with Crippen molar-refractivity contribution >= 4 is 34.8 Å². The molecule has 2 heterocycles. The van der Waals surface area contributed by atoms with Gasteiger partial charge in [-0.2, -0.15) is 0 Å². The summed E-state index contributed by atoms with van der Waals surface area (Å²) >= 11 is 5.85. The van der Waals surface area contributed by atoms with Crippen LogP contribution in [0.2, 0.25) is 5.02 Å². The molecule has 0 unspecified atom stereocenters. The quantitative estimate of drug-likeness (QED) is 0.406. The van der Waals surface area contributed by atoms with E-state index in [-0.39, 0.29) is 23.4 Å². The summed E-state index contributed by atoms with van der Waals surface area (Å²) in [6, 6.07) is 11.9. The number of anilines is 4. The first-order valence-electron chi connectivity index (χ1n) is 8.22. The second-order valence-corrected chi connectivity index (χ2v) is 6.26. The Kier molecular flexibility index (Phi) is 5.05. The highest BCUT2D eigenvalue weighted by Gasteiger charge is 2.16. The zero-order chi connectivity index (χ0) is 20.4. The van der Waals surface area contributed by atoms with Gasteiger partial charge in [-0.25, -0.2) is 18.2 Å². The van der Waals surface area contributed by atoms with Gasteiger partial charge in [0, 0.05) is 34.7 Å². The van der Waals surface area contributed by atoms with Gasteiger partial charge in [-0.05, 0) is 36.4 Å². The summed E-state index contributed by atoms with van der Waals surface area (Å²) in [6.07, 6.45) is 1.46. The SMILES string of the molecule is Fc1cc(Nc2ncccc2-c2nnc(Nc3ccc(Cl)cc3)o2)cc(F)c1F. The standard InChI is InChI=1S/C19H11ClF3N5O/c20-10-3-5-11(6-4-10)26-19-28-27-18(29-19)13-2-1-7-24-17(13)25-12-8-14(21)16(23)15(22)9-12/h1-9H,(H,24,25)(H,26,28). The van der Waals surface area contributed by atoms with Crippen molar-refractivity contribution < 1.29 is 17.6 Å². The van der Waals surface area contributed by atoms with E-state index in [1.807, 2.05) is 0 Å². The van der Waals surface area contributed by atoms with Crippen LogP contribution >= 0.6 is 11.6 Å². The fraction of sp³-hybridized carbons (Fsp3) is 0. The molecule has 6 nitrogen and oxygen atoms in total. The molecule has 0 aliphatic carbocycles. The lowest BCUT2D eigenvalue weighted by Crippen LogP contribution is -1.99. The molecule has 4 rings (SSSR count). The summed E-state index contributed by atoms with van der Waals surface area (Å²) in [6.45, 7) is 0. The molecule has 2 aromatic heterocycles. The van der Waals surface area contributed by atoms with Gasteiger partial charge in [0.2, 0.25) is 0 Å². The zero-order valence-corrected chi connectivity index (χ0v) is 15.2. The minimum absolute atomic E-state index is 0.0274. The number of hydrogen-bond acceptors (Lipinski definition) is 6. The topological polar surface area (TPSA) is 75.9 Å². The van der Waals surface area contributed by atoms with Gasteiger partial charge in [0.15, 0.2) is 17.5 Å². The van der Waals surface area contributed by atoms with E-state index in [4.69, 9.17) is 16.0 Å². The monoisotopic (exact) mass is 417 g/mol. The fourth-order valence-electron chi connectivity index (χ4n) is 2.48. The Morgan fingerprint density at radius 3 is 2.31 bits per heavy atom. The third-order valence-corrected chi connectivity index (χ3v) is 4.06. The van der Waals surface area contributed by atoms with Gasteiger partial charge in [0.1, 0.15) is 5.82 Å². The summed E-state index contributed by atoms with van der Waals surface area (Å²) < 4.78 is 45.7. The van der Waals surface area contributed by atoms with Crippen molar-refractivity contribution in [3.63, 3.8) is 0 Å². The summed E-state index contributed by atoms with van der Waals surface area (Å²) in [5.41, 5.74) is 1.04. The van der Waals surface area contributed by atoms with Gasteiger partial charge < -0.3 is 15.1 Å². The molecule has 0 spiro atoms. The predicted molar refractivity (Wildman–Crippen MR) is 102 cm³/mol. The zero-order valence-electron chi connectivity index (χ0n) is 14.5. The molecular weight excluding hydrogens is 407 g/mol. The third-order valence-electron chi connectivity index (χ3n) is 3.81. The fourth-order valence-corrected chi connectivity index (χ4v) is 2.61. The van der Waals surface area contributed by atoms with Crippen molar-refractivity contribution in [3.05, 3.63) is 77.2 Å². The molecule has 0 saturated heterocycles. The van der Waals surface area contributed by atoms with E-state index in [1.54, 1.807) is 36.4 Å². The molecule has 4 aromatic rings. The van der Waals surface area contributed by atoms with Crippen LogP contribution in [0.1, 0.15) is 0 Å². The maximum Gasteiger partial charge on any atom is 0.320 e. The van der Waals surface area contributed by atoms with Crippen LogP contribution in [-0.4, -0.2) is 15.2 Å². The molecule has 146 valence electrons. The number of pyridine rings is 1. The second kappa shape index (κ2) is 7.80. The second-order valence-electron chi connectivity index (χ2n) is 5.82. The molecule has 29 heavy (non-hydrogen) atoms. The Hall–Kier alpha value is -3.59. The van der Waals surface area contributed by atoms with Crippen molar-refractivity contribution in [1.29, 1.82) is 0 Å². The number of nitrogens with one attached hydrogen (secondary N) is 2. The van der Waals surface area contributed by atoms with Crippen molar-refractivity contribution in [3.8, 4) is 11.5 Å². The van der Waals surface area contributed by atoms with E-state index >= 15 is 0 Å². The number of hydrogen-bond donors (Lipinski definition) is 2. The van der Waals surface area contributed by atoms with E-state index in [2.05, 4.69) is 25.8 Å². The molecule has 0 amide bonds. The molecule has 0 saturated carbocycles. The maximum absolute atomic E-state index is 13.5. The summed E-state index contributed by atoms with van der Waals surface area (Å²) in [4.78, 5) is 4.12. The normalized spacial score (nSPS) is 10.8. The number of aromatic nitrogens is 3. The molecule has 0 fully saturated rings. The number of benzene rings is 2. The van der Waals surface area contributed by atoms with Crippen LogP contribution in [0.25, 0.3) is 11.5 Å². The number of halogens is 4. The first kappa shape index (κ1) is 18.8. The van der Waals surface area contributed by atoms with E-state index in [0.717, 1.165) is 12.1 Å². The van der Waals surface area contributed by atoms with Gasteiger partial charge in [-0.3, -0.25) is 0 Å². The Labute approximate surface area is 167 Å². The van der Waals surface area contributed by atoms with Crippen molar-refractivity contribution in [2.75, 3.05) is 10.6 Å². The number of nitrogens with zero attached hydrogens (tertiary/aromatic N) is 3. The Morgan fingerprint density at radius 1 is 0.862 bits per heavy atom. The first-order chi connectivity index (χ1) is 14.0. The molecule has 2 aromatic carbocycles. The van der Waals surface area contributed by atoms with Crippen molar-refractivity contribution in [2.45, 2.75) is 0 Å². The molecule has 2 N–H and O–H groups in total. The molecular formula is C19H11ClF3N5O. The van der Waals surface area contributed by atoms with Gasteiger partial charge in [-0.15, -0.1) is 5.10 Å². The summed E-state index contributed by atoms with van der Waals surface area (Å²) in [5, 5.41) is 14.1. The Morgan fingerprint density at radius 2 is 1.59 bits per heavy atom. The summed E-state index contributed by atoms with van der Waals surface area (Å²) in [7, 11) is 0. The van der Waals surface area contributed by atoms with E-state index in [0.29, 0.717) is 16.3 Å². The van der Waals surface area contributed by atoms with Crippen LogP contribution in [0.3, 0.4) is 0 Å². The average molecular weight is 418 g/mol. The van der Waals surface area contributed by atoms with E-state index in [9.17, 15) is 13.2 Å². The molecule has 0 bridgehead atoms. The Balaban J connectivity index is 1.60. The lowest BCUT2D eigenvalue weighted by atomic mass is 10.2. The molecule has 0 atom stereocenters.